The molecule has 0 saturated carbocycles. The van der Waals surface area contributed by atoms with Crippen LogP contribution >= 0.6 is 0 Å². The zero-order valence-corrected chi connectivity index (χ0v) is 19.0. The number of nitriles is 1. The predicted molar refractivity (Wildman–Crippen MR) is 116 cm³/mol. The number of sulfone groups is 1. The summed E-state index contributed by atoms with van der Waals surface area (Å²) in [5, 5.41) is 17.0. The Morgan fingerprint density at radius 1 is 1.06 bits per heavy atom. The molecule has 4 rings (SSSR count). The third-order valence-electron chi connectivity index (χ3n) is 5.00. The maximum atomic E-state index is 13.1. The topological polar surface area (TPSA) is 140 Å². The van der Waals surface area contributed by atoms with Gasteiger partial charge in [-0.05, 0) is 24.3 Å². The van der Waals surface area contributed by atoms with Gasteiger partial charge in [-0.1, -0.05) is 6.92 Å². The van der Waals surface area contributed by atoms with E-state index < -0.39 is 21.6 Å². The first-order valence-corrected chi connectivity index (χ1v) is 11.6. The number of hydrogen-bond donors (Lipinski definition) is 0. The van der Waals surface area contributed by atoms with Crippen molar-refractivity contribution in [3.63, 3.8) is 0 Å². The van der Waals surface area contributed by atoms with Gasteiger partial charge in [-0.3, -0.25) is 9.97 Å². The Bertz CT molecular complexity index is 1580. The van der Waals surface area contributed by atoms with E-state index in [-0.39, 0.29) is 50.8 Å². The minimum Gasteiger partial charge on any atom is -0.307 e. The highest BCUT2D eigenvalue weighted by molar-refractivity contribution is 7.91. The van der Waals surface area contributed by atoms with Crippen LogP contribution in [-0.2, 0) is 23.1 Å². The van der Waals surface area contributed by atoms with Crippen molar-refractivity contribution in [2.45, 2.75) is 18.0 Å². The number of alkyl halides is 3. The molecule has 0 saturated heterocycles. The normalized spacial score (nSPS) is 11.9. The molecule has 0 spiro atoms. The summed E-state index contributed by atoms with van der Waals surface area (Å²) < 4.78 is 66.5. The molecule has 0 radical (unpaired) electrons. The van der Waals surface area contributed by atoms with Gasteiger partial charge in [0, 0.05) is 31.2 Å². The zero-order valence-electron chi connectivity index (χ0n) is 18.2. The second-order valence-electron chi connectivity index (χ2n) is 7.19. The van der Waals surface area contributed by atoms with Crippen molar-refractivity contribution in [3.05, 3.63) is 54.1 Å². The van der Waals surface area contributed by atoms with E-state index >= 15 is 0 Å². The molecule has 178 valence electrons. The Hall–Kier alpha value is -4.25. The van der Waals surface area contributed by atoms with Crippen molar-refractivity contribution in [3.8, 4) is 40.5 Å². The van der Waals surface area contributed by atoms with Crippen molar-refractivity contribution in [2.75, 3.05) is 5.75 Å². The van der Waals surface area contributed by atoms with Crippen LogP contribution in [0.2, 0.25) is 0 Å². The number of aromatic nitrogens is 7. The molecule has 0 aromatic carbocycles. The van der Waals surface area contributed by atoms with Crippen LogP contribution in [0.1, 0.15) is 18.2 Å². The summed E-state index contributed by atoms with van der Waals surface area (Å²) in [6.07, 6.45) is -0.900. The van der Waals surface area contributed by atoms with Gasteiger partial charge in [-0.25, -0.2) is 18.4 Å². The Balaban J connectivity index is 1.87. The molecule has 4 heterocycles. The lowest BCUT2D eigenvalue weighted by Crippen LogP contribution is -2.10. The van der Waals surface area contributed by atoms with Crippen molar-refractivity contribution in [1.29, 1.82) is 5.26 Å². The summed E-state index contributed by atoms with van der Waals surface area (Å²) in [6, 6.07) is 6.25. The lowest BCUT2D eigenvalue weighted by molar-refractivity contribution is -0.137. The molecule has 0 amide bonds. The summed E-state index contributed by atoms with van der Waals surface area (Å²) >= 11 is 0. The first-order valence-electron chi connectivity index (χ1n) is 9.95. The molecule has 0 aliphatic heterocycles. The minimum atomic E-state index is -4.58. The number of rotatable bonds is 5. The van der Waals surface area contributed by atoms with Crippen LogP contribution < -0.4 is 0 Å². The zero-order chi connectivity index (χ0) is 25.4. The van der Waals surface area contributed by atoms with Crippen LogP contribution in [0.4, 0.5) is 13.2 Å². The summed E-state index contributed by atoms with van der Waals surface area (Å²) in [5.74, 6) is -0.168. The van der Waals surface area contributed by atoms with Gasteiger partial charge >= 0.3 is 6.18 Å². The quantitative estimate of drug-likeness (QED) is 0.404. The number of hydrogen-bond acceptors (Lipinski definition) is 9. The van der Waals surface area contributed by atoms with Crippen LogP contribution in [0, 0.1) is 11.3 Å². The van der Waals surface area contributed by atoms with Gasteiger partial charge in [-0.2, -0.15) is 18.4 Å². The Kier molecular flexibility index (Phi) is 6.03. The van der Waals surface area contributed by atoms with E-state index in [0.717, 1.165) is 18.3 Å². The average molecular weight is 500 g/mol. The van der Waals surface area contributed by atoms with Crippen molar-refractivity contribution < 1.29 is 21.6 Å². The molecule has 0 unspecified atom stereocenters. The molecule has 35 heavy (non-hydrogen) atoms. The molecule has 0 aliphatic rings. The highest BCUT2D eigenvalue weighted by Gasteiger charge is 2.31. The Morgan fingerprint density at radius 2 is 1.77 bits per heavy atom. The van der Waals surface area contributed by atoms with Crippen LogP contribution in [-0.4, -0.2) is 48.9 Å². The summed E-state index contributed by atoms with van der Waals surface area (Å²) in [5.41, 5.74) is -0.728. The molecule has 0 N–H and O–H groups in total. The van der Waals surface area contributed by atoms with Gasteiger partial charge in [0.15, 0.2) is 27.3 Å². The summed E-state index contributed by atoms with van der Waals surface area (Å²) in [6.45, 7) is 1.45. The van der Waals surface area contributed by atoms with E-state index in [0.29, 0.717) is 0 Å². The number of nitrogens with zero attached hydrogens (tertiary/aromatic N) is 8. The average Bonchev–Trinajstić information content (AvgIpc) is 3.24. The maximum Gasteiger partial charge on any atom is 0.416 e. The first-order chi connectivity index (χ1) is 16.5. The molecule has 4 aromatic heterocycles. The minimum absolute atomic E-state index is 0.00415. The molecule has 0 atom stereocenters. The second kappa shape index (κ2) is 8.84. The third-order valence-corrected chi connectivity index (χ3v) is 6.74. The van der Waals surface area contributed by atoms with Crippen molar-refractivity contribution >= 4 is 9.84 Å². The molecule has 10 nitrogen and oxygen atoms in total. The van der Waals surface area contributed by atoms with Gasteiger partial charge in [-0.15, -0.1) is 10.2 Å². The predicted octanol–water partition coefficient (Wildman–Crippen LogP) is 3.08. The molecule has 14 heteroatoms. The monoisotopic (exact) mass is 500 g/mol. The fourth-order valence-corrected chi connectivity index (χ4v) is 4.23. The van der Waals surface area contributed by atoms with E-state index in [4.69, 9.17) is 5.26 Å². The van der Waals surface area contributed by atoms with Gasteiger partial charge in [0.2, 0.25) is 0 Å². The first kappa shape index (κ1) is 23.9. The lowest BCUT2D eigenvalue weighted by Gasteiger charge is -2.11. The highest BCUT2D eigenvalue weighted by Crippen LogP contribution is 2.33. The number of pyridine rings is 2. The van der Waals surface area contributed by atoms with Gasteiger partial charge in [0.05, 0.1) is 16.2 Å². The van der Waals surface area contributed by atoms with Crippen LogP contribution in [0.15, 0.2) is 47.8 Å². The lowest BCUT2D eigenvalue weighted by atomic mass is 10.2. The second-order valence-corrected chi connectivity index (χ2v) is 9.43. The standard InChI is InChI=1S/C21H15F3N8O2S/c1-3-35(33,34)16-8-12(18-27-7-5-14(10-25)29-18)11-28-17(16)20-31-30-19(32(20)2)15-9-13(4-6-26-15)21(22,23)24/h4-9,11H,3H2,1-2H3. The molecule has 0 aliphatic carbocycles. The maximum absolute atomic E-state index is 13.1. The highest BCUT2D eigenvalue weighted by atomic mass is 32.2. The van der Waals surface area contributed by atoms with Crippen LogP contribution in [0.3, 0.4) is 0 Å². The molecular formula is C21H15F3N8O2S. The van der Waals surface area contributed by atoms with Crippen LogP contribution in [0.5, 0.6) is 0 Å². The number of halogens is 3. The SMILES string of the molecule is CCS(=O)(=O)c1cc(-c2nccc(C#N)n2)cnc1-c1nnc(-c2cc(C(F)(F)F)ccn2)n1C. The smallest absolute Gasteiger partial charge is 0.307 e. The van der Waals surface area contributed by atoms with Gasteiger partial charge in [0.1, 0.15) is 23.2 Å². The van der Waals surface area contributed by atoms with Gasteiger partial charge < -0.3 is 4.57 Å². The van der Waals surface area contributed by atoms with Crippen molar-refractivity contribution in [2.24, 2.45) is 7.05 Å². The summed E-state index contributed by atoms with van der Waals surface area (Å²) in [7, 11) is -2.39. The fraction of sp³-hybridized carbons (Fsp3) is 0.190. The third kappa shape index (κ3) is 4.58. The summed E-state index contributed by atoms with van der Waals surface area (Å²) in [4.78, 5) is 16.1. The van der Waals surface area contributed by atoms with Gasteiger partial charge in [0.25, 0.3) is 0 Å². The Morgan fingerprint density at radius 3 is 2.46 bits per heavy atom. The largest absolute Gasteiger partial charge is 0.416 e. The molecular weight excluding hydrogens is 485 g/mol. The fourth-order valence-electron chi connectivity index (χ4n) is 3.18. The Labute approximate surface area is 197 Å². The van der Waals surface area contributed by atoms with Crippen LogP contribution in [0.25, 0.3) is 34.4 Å². The van der Waals surface area contributed by atoms with E-state index in [9.17, 15) is 21.6 Å². The molecule has 4 aromatic rings. The molecule has 0 bridgehead atoms. The van der Waals surface area contributed by atoms with E-state index in [1.807, 2.05) is 6.07 Å². The van der Waals surface area contributed by atoms with E-state index in [1.54, 1.807) is 0 Å². The van der Waals surface area contributed by atoms with Crippen molar-refractivity contribution in [1.82, 2.24) is 34.7 Å². The van der Waals surface area contributed by atoms with E-state index in [2.05, 4.69) is 30.1 Å². The molecule has 0 fully saturated rings. The van der Waals surface area contributed by atoms with E-state index in [1.165, 1.54) is 43.1 Å².